The average molecular weight is 711 g/mol. The Hall–Kier alpha value is -4.38. The van der Waals surface area contributed by atoms with Gasteiger partial charge in [-0.3, -0.25) is 9.78 Å². The summed E-state index contributed by atoms with van der Waals surface area (Å²) in [5.74, 6) is -1.68. The molecule has 2 heterocycles. The number of anilines is 2. The van der Waals surface area contributed by atoms with Gasteiger partial charge in [0.1, 0.15) is 29.4 Å². The van der Waals surface area contributed by atoms with Crippen LogP contribution in [0.3, 0.4) is 0 Å². The fraction of sp³-hybridized carbons (Fsp3) is 0.433. The highest BCUT2D eigenvalue weighted by Crippen LogP contribution is 2.43. The van der Waals surface area contributed by atoms with Gasteiger partial charge >= 0.3 is 18.3 Å². The van der Waals surface area contributed by atoms with Crippen molar-refractivity contribution in [2.45, 2.75) is 58.9 Å². The van der Waals surface area contributed by atoms with E-state index in [0.717, 1.165) is 22.3 Å². The molecule has 0 aliphatic carbocycles. The average Bonchev–Trinajstić information content (AvgIpc) is 2.97. The number of aliphatic hydroxyl groups is 1. The van der Waals surface area contributed by atoms with Crippen LogP contribution in [0, 0.1) is 6.92 Å². The molecular formula is C30H37ClF6N6O5. The van der Waals surface area contributed by atoms with Crippen molar-refractivity contribution in [1.29, 1.82) is 0 Å². The van der Waals surface area contributed by atoms with Crippen LogP contribution in [-0.4, -0.2) is 81.6 Å². The van der Waals surface area contributed by atoms with Crippen molar-refractivity contribution in [3.63, 3.8) is 0 Å². The van der Waals surface area contributed by atoms with Crippen LogP contribution in [0.15, 0.2) is 30.7 Å². The molecule has 0 fully saturated rings. The number of aromatic nitrogens is 3. The van der Waals surface area contributed by atoms with Crippen molar-refractivity contribution in [3.05, 3.63) is 58.1 Å². The monoisotopic (exact) mass is 710 g/mol. The third-order valence-corrected chi connectivity index (χ3v) is 6.61. The Balaban J connectivity index is 0.000000817. The number of ether oxygens (including phenoxy) is 1. The Kier molecular flexibility index (Phi) is 15.3. The zero-order chi connectivity index (χ0) is 37.1. The van der Waals surface area contributed by atoms with Gasteiger partial charge in [0.05, 0.1) is 12.6 Å². The van der Waals surface area contributed by atoms with E-state index in [9.17, 15) is 36.2 Å². The number of hydrogen-bond donors (Lipinski definition) is 4. The first-order valence-electron chi connectivity index (χ1n) is 14.0. The molecule has 2 aromatic heterocycles. The van der Waals surface area contributed by atoms with Crippen molar-refractivity contribution in [2.75, 3.05) is 38.4 Å². The molecule has 0 aliphatic heterocycles. The summed E-state index contributed by atoms with van der Waals surface area (Å²) in [5.41, 5.74) is 10.3. The summed E-state index contributed by atoms with van der Waals surface area (Å²) in [6, 6.07) is 5.13. The van der Waals surface area contributed by atoms with Crippen LogP contribution >= 0.6 is 11.6 Å². The van der Waals surface area contributed by atoms with Gasteiger partial charge in [0.2, 0.25) is 0 Å². The Bertz CT molecular complexity index is 1530. The van der Waals surface area contributed by atoms with Crippen LogP contribution in [0.25, 0.3) is 11.1 Å². The number of carboxylic acids is 1. The zero-order valence-corrected chi connectivity index (χ0v) is 27.8. The Morgan fingerprint density at radius 3 is 2.10 bits per heavy atom. The minimum absolute atomic E-state index is 0.0926. The molecule has 266 valence electrons. The summed E-state index contributed by atoms with van der Waals surface area (Å²) >= 11 is 6.70. The molecule has 1 amide bonds. The molecular weight excluding hydrogens is 674 g/mol. The maximum atomic E-state index is 12.3. The second kappa shape index (κ2) is 17.7. The van der Waals surface area contributed by atoms with Gasteiger partial charge in [-0.2, -0.15) is 26.3 Å². The van der Waals surface area contributed by atoms with Gasteiger partial charge < -0.3 is 30.9 Å². The van der Waals surface area contributed by atoms with Crippen molar-refractivity contribution in [1.82, 2.24) is 19.9 Å². The van der Waals surface area contributed by atoms with Crippen LogP contribution in [0.1, 0.15) is 66.8 Å². The molecule has 5 N–H and O–H groups in total. The van der Waals surface area contributed by atoms with Gasteiger partial charge in [0.15, 0.2) is 0 Å². The third kappa shape index (κ3) is 12.3. The van der Waals surface area contributed by atoms with E-state index in [-0.39, 0.29) is 31.4 Å². The van der Waals surface area contributed by atoms with E-state index in [0.29, 0.717) is 40.3 Å². The van der Waals surface area contributed by atoms with Gasteiger partial charge in [0, 0.05) is 67.0 Å². The summed E-state index contributed by atoms with van der Waals surface area (Å²) in [7, 11) is 3.37. The molecule has 11 nitrogen and oxygen atoms in total. The lowest BCUT2D eigenvalue weighted by Gasteiger charge is -2.25. The molecule has 0 saturated carbocycles. The number of hydrogen-bond acceptors (Lipinski definition) is 9. The number of carbonyl (C=O) groups is 2. The smallest absolute Gasteiger partial charge is 0.490 e. The Morgan fingerprint density at radius 1 is 1.10 bits per heavy atom. The summed E-state index contributed by atoms with van der Waals surface area (Å²) in [6.45, 7) is 8.19. The first-order valence-corrected chi connectivity index (χ1v) is 14.4. The number of aliphatic carboxylic acids is 1. The summed E-state index contributed by atoms with van der Waals surface area (Å²) in [5, 5.41) is 20.8. The highest BCUT2D eigenvalue weighted by atomic mass is 35.5. The van der Waals surface area contributed by atoms with E-state index >= 15 is 0 Å². The number of nitrogens with zero attached hydrogens (tertiary/aromatic N) is 4. The zero-order valence-electron chi connectivity index (χ0n) is 27.1. The number of carbonyl (C=O) groups excluding carboxylic acids is 1. The van der Waals surface area contributed by atoms with E-state index in [4.69, 9.17) is 32.0 Å². The number of halogens is 7. The largest absolute Gasteiger partial charge is 0.493 e. The molecule has 3 rings (SSSR count). The van der Waals surface area contributed by atoms with Crippen LogP contribution in [0.4, 0.5) is 38.0 Å². The summed E-state index contributed by atoms with van der Waals surface area (Å²) in [4.78, 5) is 35.5. The Labute approximate surface area is 278 Å². The predicted octanol–water partition coefficient (Wildman–Crippen LogP) is 6.65. The Morgan fingerprint density at radius 2 is 1.67 bits per heavy atom. The second-order valence-electron chi connectivity index (χ2n) is 10.4. The molecule has 18 heteroatoms. The number of amides is 1. The number of nitrogens with one attached hydrogen (secondary N) is 1. The lowest BCUT2D eigenvalue weighted by atomic mass is 9.94. The first-order chi connectivity index (χ1) is 22.0. The molecule has 1 aromatic carbocycles. The molecule has 0 aliphatic rings. The SMILES string of the molecule is CC(F)(F)F.CCOc1c(C(C)Nc2ncnc(N)c2C(C)CO)cc(Cl)c(C)c1-c1ccc(C(=O)N(C)C)nc1.O=C(O)C(F)(F)F. The molecule has 48 heavy (non-hydrogen) atoms. The van der Waals surface area contributed by atoms with Crippen LogP contribution in [0.5, 0.6) is 5.75 Å². The highest BCUT2D eigenvalue weighted by molar-refractivity contribution is 6.32. The molecule has 0 bridgehead atoms. The second-order valence-corrected chi connectivity index (χ2v) is 10.8. The number of nitrogens with two attached hydrogens (primary N) is 1. The maximum Gasteiger partial charge on any atom is 0.490 e. The maximum absolute atomic E-state index is 12.3. The van der Waals surface area contributed by atoms with Crippen molar-refractivity contribution in [2.24, 2.45) is 0 Å². The van der Waals surface area contributed by atoms with E-state index in [2.05, 4.69) is 20.3 Å². The van der Waals surface area contributed by atoms with Gasteiger partial charge in [-0.05, 0) is 38.5 Å². The topological polar surface area (TPSA) is 164 Å². The van der Waals surface area contributed by atoms with Gasteiger partial charge in [0.25, 0.3) is 5.91 Å². The van der Waals surface area contributed by atoms with E-state index in [1.54, 1.807) is 26.4 Å². The van der Waals surface area contributed by atoms with Crippen LogP contribution in [0.2, 0.25) is 5.02 Å². The number of aliphatic hydroxyl groups excluding tert-OH is 1. The van der Waals surface area contributed by atoms with Crippen molar-refractivity contribution < 1.29 is 50.9 Å². The molecule has 0 saturated heterocycles. The van der Waals surface area contributed by atoms with Crippen molar-refractivity contribution in [3.8, 4) is 16.9 Å². The summed E-state index contributed by atoms with van der Waals surface area (Å²) in [6.07, 6.45) is -6.04. The van der Waals surface area contributed by atoms with E-state index in [1.165, 1.54) is 11.2 Å². The molecule has 3 aromatic rings. The van der Waals surface area contributed by atoms with Gasteiger partial charge in [-0.1, -0.05) is 24.6 Å². The molecule has 2 atom stereocenters. The molecule has 2 unspecified atom stereocenters. The van der Waals surface area contributed by atoms with E-state index in [1.807, 2.05) is 39.8 Å². The normalized spacial score (nSPS) is 12.4. The van der Waals surface area contributed by atoms with E-state index < -0.39 is 18.3 Å². The van der Waals surface area contributed by atoms with Gasteiger partial charge in [-0.15, -0.1) is 0 Å². The number of benzene rings is 1. The predicted molar refractivity (Wildman–Crippen MR) is 168 cm³/mol. The van der Waals surface area contributed by atoms with Gasteiger partial charge in [-0.25, -0.2) is 14.8 Å². The van der Waals surface area contributed by atoms with Crippen LogP contribution in [-0.2, 0) is 4.79 Å². The fourth-order valence-corrected chi connectivity index (χ4v) is 4.21. The third-order valence-electron chi connectivity index (χ3n) is 6.21. The number of carboxylic acid groups (broad SMARTS) is 1. The highest BCUT2D eigenvalue weighted by Gasteiger charge is 2.38. The number of nitrogen functional groups attached to an aromatic ring is 1. The minimum Gasteiger partial charge on any atom is -0.493 e. The number of rotatable bonds is 9. The number of pyridine rings is 1. The minimum atomic E-state index is -5.08. The quantitative estimate of drug-likeness (QED) is 0.177. The summed E-state index contributed by atoms with van der Waals surface area (Å²) < 4.78 is 69.0. The molecule has 0 radical (unpaired) electrons. The van der Waals surface area contributed by atoms with Crippen LogP contribution < -0.4 is 15.8 Å². The molecule has 0 spiro atoms. The fourth-order valence-electron chi connectivity index (χ4n) is 3.99. The lowest BCUT2D eigenvalue weighted by Crippen LogP contribution is -2.22. The standard InChI is InChI=1S/C26H33ClN6O3.C2HF3O2.C2H3F3/c1-7-36-23-18(16(4)32-25-21(14(2)12-34)24(28)30-13-31-25)10-19(27)15(3)22(23)17-8-9-20(29-11-17)26(35)33(5)6;3-2(4,5)1(6)7;1-2(3,4)5/h8-11,13-14,16,34H,7,12H2,1-6H3,(H3,28,30,31,32);(H,6,7);1H3. The lowest BCUT2D eigenvalue weighted by molar-refractivity contribution is -0.192. The first kappa shape index (κ1) is 41.6. The number of alkyl halides is 6. The van der Waals surface area contributed by atoms with Crippen molar-refractivity contribution >= 4 is 35.1 Å².